The first kappa shape index (κ1) is 15.2. The van der Waals surface area contributed by atoms with Crippen LogP contribution < -0.4 is 4.74 Å². The molecule has 1 unspecified atom stereocenters. The maximum Gasteiger partial charge on any atom is 0.425 e. The lowest BCUT2D eigenvalue weighted by atomic mass is 10.2. The van der Waals surface area contributed by atoms with E-state index in [-0.39, 0.29) is 0 Å². The maximum absolute atomic E-state index is 13.9. The van der Waals surface area contributed by atoms with Crippen molar-refractivity contribution in [2.24, 2.45) is 0 Å². The Morgan fingerprint density at radius 3 is 2.61 bits per heavy atom. The highest BCUT2D eigenvalue weighted by atomic mass is 19.4. The molecule has 0 aliphatic heterocycles. The Kier molecular flexibility index (Phi) is 3.63. The molecule has 0 radical (unpaired) electrons. The zero-order valence-electron chi connectivity index (χ0n) is 11.8. The molecule has 0 aliphatic rings. The van der Waals surface area contributed by atoms with Gasteiger partial charge in [-0.1, -0.05) is 0 Å². The van der Waals surface area contributed by atoms with E-state index in [1.165, 1.54) is 12.5 Å². The summed E-state index contributed by atoms with van der Waals surface area (Å²) >= 11 is 0. The first-order valence-electron chi connectivity index (χ1n) is 6.51. The largest absolute Gasteiger partial charge is 0.463 e. The molecule has 9 heteroatoms. The summed E-state index contributed by atoms with van der Waals surface area (Å²) in [6.07, 6.45) is -0.904. The fraction of sp³-hybridized carbons (Fsp3) is 0.214. The molecule has 1 atom stereocenters. The van der Waals surface area contributed by atoms with Gasteiger partial charge >= 0.3 is 6.18 Å². The Labute approximate surface area is 127 Å². The van der Waals surface area contributed by atoms with Crippen LogP contribution in [0, 0.1) is 5.82 Å². The summed E-state index contributed by atoms with van der Waals surface area (Å²) in [6.45, 7) is 0.782. The maximum atomic E-state index is 13.9. The smallest absolute Gasteiger partial charge is 0.425 e. The molecule has 0 saturated carbocycles. The van der Waals surface area contributed by atoms with E-state index in [4.69, 9.17) is 0 Å². The van der Waals surface area contributed by atoms with Crippen molar-refractivity contribution in [3.8, 4) is 17.1 Å². The summed E-state index contributed by atoms with van der Waals surface area (Å²) in [7, 11) is 0. The van der Waals surface area contributed by atoms with Gasteiger partial charge in [0.05, 0.1) is 17.4 Å². The van der Waals surface area contributed by atoms with Crippen molar-refractivity contribution in [1.82, 2.24) is 19.4 Å². The summed E-state index contributed by atoms with van der Waals surface area (Å²) in [6, 6.07) is 2.68. The highest BCUT2D eigenvalue weighted by Crippen LogP contribution is 2.27. The van der Waals surface area contributed by atoms with Crippen LogP contribution in [-0.4, -0.2) is 31.6 Å². The highest BCUT2D eigenvalue weighted by Gasteiger charge is 2.38. The van der Waals surface area contributed by atoms with Gasteiger partial charge in [-0.25, -0.2) is 19.3 Å². The van der Waals surface area contributed by atoms with E-state index >= 15 is 0 Å². The van der Waals surface area contributed by atoms with Gasteiger partial charge in [-0.2, -0.15) is 13.2 Å². The average Bonchev–Trinajstić information content (AvgIpc) is 2.95. The number of alkyl halides is 3. The van der Waals surface area contributed by atoms with Crippen molar-refractivity contribution >= 4 is 5.52 Å². The first-order valence-corrected chi connectivity index (χ1v) is 6.51. The molecule has 23 heavy (non-hydrogen) atoms. The van der Waals surface area contributed by atoms with Crippen LogP contribution in [-0.2, 0) is 0 Å². The minimum Gasteiger partial charge on any atom is -0.463 e. The summed E-state index contributed by atoms with van der Waals surface area (Å²) < 4.78 is 57.4. The van der Waals surface area contributed by atoms with Crippen LogP contribution in [0.2, 0.25) is 0 Å². The standard InChI is InChI=1S/C14H10F4N4O/c1-8(14(16,17)18)23-13-11(15)2-9(4-20-13)12-3-10-5-19-6-22(10)7-21-12/h2-8H,1H3. The highest BCUT2D eigenvalue weighted by molar-refractivity contribution is 5.64. The number of ether oxygens (including phenoxy) is 1. The third-order valence-corrected chi connectivity index (χ3v) is 3.15. The predicted octanol–water partition coefficient (Wildman–Crippen LogP) is 3.26. The lowest BCUT2D eigenvalue weighted by molar-refractivity contribution is -0.190. The second-order valence-corrected chi connectivity index (χ2v) is 4.81. The Morgan fingerprint density at radius 1 is 1.13 bits per heavy atom. The summed E-state index contributed by atoms with van der Waals surface area (Å²) in [5, 5.41) is 0. The Morgan fingerprint density at radius 2 is 1.91 bits per heavy atom. The molecule has 0 saturated heterocycles. The van der Waals surface area contributed by atoms with E-state index in [1.54, 1.807) is 23.0 Å². The molecule has 3 aromatic rings. The van der Waals surface area contributed by atoms with Crippen molar-refractivity contribution in [2.45, 2.75) is 19.2 Å². The Bertz CT molecular complexity index is 846. The molecular formula is C14H10F4N4O. The number of pyridine rings is 1. The van der Waals surface area contributed by atoms with Gasteiger partial charge in [0, 0.05) is 11.8 Å². The molecular weight excluding hydrogens is 316 g/mol. The number of halogens is 4. The van der Waals surface area contributed by atoms with Gasteiger partial charge in [0.1, 0.15) is 12.7 Å². The van der Waals surface area contributed by atoms with Gasteiger partial charge in [-0.3, -0.25) is 4.40 Å². The zero-order valence-corrected chi connectivity index (χ0v) is 11.8. The zero-order chi connectivity index (χ0) is 16.6. The minimum absolute atomic E-state index is 0.318. The van der Waals surface area contributed by atoms with Crippen LogP contribution in [0.15, 0.2) is 37.2 Å². The van der Waals surface area contributed by atoms with Gasteiger partial charge in [-0.05, 0) is 19.1 Å². The molecule has 3 rings (SSSR count). The SMILES string of the molecule is CC(Oc1ncc(-c2cc3cncn3cn2)cc1F)C(F)(F)F. The lowest BCUT2D eigenvalue weighted by Crippen LogP contribution is -2.31. The molecule has 0 N–H and O–H groups in total. The molecule has 0 spiro atoms. The van der Waals surface area contributed by atoms with Crippen LogP contribution in [0.25, 0.3) is 16.8 Å². The number of aromatic nitrogens is 4. The van der Waals surface area contributed by atoms with Crippen LogP contribution in [0.5, 0.6) is 5.88 Å². The Balaban J connectivity index is 1.89. The predicted molar refractivity (Wildman–Crippen MR) is 72.3 cm³/mol. The van der Waals surface area contributed by atoms with E-state index in [9.17, 15) is 17.6 Å². The van der Waals surface area contributed by atoms with Crippen molar-refractivity contribution in [3.63, 3.8) is 0 Å². The molecule has 120 valence electrons. The molecule has 3 aromatic heterocycles. The quantitative estimate of drug-likeness (QED) is 0.693. The fourth-order valence-electron chi connectivity index (χ4n) is 1.87. The van der Waals surface area contributed by atoms with Crippen molar-refractivity contribution < 1.29 is 22.3 Å². The summed E-state index contributed by atoms with van der Waals surface area (Å²) in [4.78, 5) is 11.7. The number of hydrogen-bond acceptors (Lipinski definition) is 4. The second kappa shape index (κ2) is 5.49. The van der Waals surface area contributed by atoms with Gasteiger partial charge in [0.25, 0.3) is 5.88 Å². The van der Waals surface area contributed by atoms with Gasteiger partial charge < -0.3 is 4.74 Å². The number of rotatable bonds is 3. The Hall–Kier alpha value is -2.71. The normalized spacial score (nSPS) is 13.3. The molecule has 0 fully saturated rings. The van der Waals surface area contributed by atoms with Crippen LogP contribution in [0.3, 0.4) is 0 Å². The second-order valence-electron chi connectivity index (χ2n) is 4.81. The third kappa shape index (κ3) is 3.08. The molecule has 0 bridgehead atoms. The molecule has 5 nitrogen and oxygen atoms in total. The monoisotopic (exact) mass is 326 g/mol. The van der Waals surface area contributed by atoms with E-state index in [0.29, 0.717) is 11.3 Å². The van der Waals surface area contributed by atoms with Crippen molar-refractivity contribution in [2.75, 3.05) is 0 Å². The molecule has 0 amide bonds. The van der Waals surface area contributed by atoms with E-state index in [2.05, 4.69) is 19.7 Å². The van der Waals surface area contributed by atoms with Crippen molar-refractivity contribution in [3.05, 3.63) is 43.0 Å². The molecule has 0 aliphatic carbocycles. The van der Waals surface area contributed by atoms with Gasteiger partial charge in [-0.15, -0.1) is 0 Å². The van der Waals surface area contributed by atoms with E-state index < -0.39 is 24.0 Å². The number of fused-ring (bicyclic) bond motifs is 1. The van der Waals surface area contributed by atoms with E-state index in [1.807, 2.05) is 0 Å². The van der Waals surface area contributed by atoms with Crippen molar-refractivity contribution in [1.29, 1.82) is 0 Å². The van der Waals surface area contributed by atoms with Crippen LogP contribution in [0.1, 0.15) is 6.92 Å². The topological polar surface area (TPSA) is 52.3 Å². The first-order chi connectivity index (χ1) is 10.8. The van der Waals surface area contributed by atoms with Crippen LogP contribution >= 0.6 is 0 Å². The van der Waals surface area contributed by atoms with Gasteiger partial charge in [0.15, 0.2) is 11.9 Å². The summed E-state index contributed by atoms with van der Waals surface area (Å²) in [5.74, 6) is -1.70. The minimum atomic E-state index is -4.60. The summed E-state index contributed by atoms with van der Waals surface area (Å²) in [5.41, 5.74) is 1.47. The number of imidazole rings is 1. The number of hydrogen-bond donors (Lipinski definition) is 0. The number of nitrogens with zero attached hydrogens (tertiary/aromatic N) is 4. The fourth-order valence-corrected chi connectivity index (χ4v) is 1.87. The molecule has 3 heterocycles. The van der Waals surface area contributed by atoms with E-state index in [0.717, 1.165) is 18.5 Å². The lowest BCUT2D eigenvalue weighted by Gasteiger charge is -2.17. The van der Waals surface area contributed by atoms with Crippen LogP contribution in [0.4, 0.5) is 17.6 Å². The average molecular weight is 326 g/mol. The molecule has 0 aromatic carbocycles. The third-order valence-electron chi connectivity index (χ3n) is 3.15. The van der Waals surface area contributed by atoms with Gasteiger partial charge in [0.2, 0.25) is 0 Å².